The molecule has 24 heavy (non-hydrogen) atoms. The van der Waals surface area contributed by atoms with Crippen LogP contribution in [0.5, 0.6) is 0 Å². The molecule has 2 atom stereocenters. The Bertz CT molecular complexity index is 763. The maximum atomic E-state index is 12.8. The van der Waals surface area contributed by atoms with E-state index in [1.807, 2.05) is 44.2 Å². The number of hydrogen-bond acceptors (Lipinski definition) is 3. The van der Waals surface area contributed by atoms with Gasteiger partial charge in [-0.15, -0.1) is 0 Å². The molecule has 1 amide bonds. The van der Waals surface area contributed by atoms with E-state index in [2.05, 4.69) is 5.32 Å². The van der Waals surface area contributed by atoms with Gasteiger partial charge in [-0.2, -0.15) is 0 Å². The molecule has 1 aromatic heterocycles. The molecule has 5 heteroatoms. The van der Waals surface area contributed by atoms with E-state index in [9.17, 15) is 9.59 Å². The third kappa shape index (κ3) is 3.07. The number of benzene rings is 1. The molecule has 0 aliphatic heterocycles. The molecule has 2 aromatic rings. The third-order valence-corrected chi connectivity index (χ3v) is 4.77. The smallest absolute Gasteiger partial charge is 0.306 e. The first kappa shape index (κ1) is 16.3. The summed E-state index contributed by atoms with van der Waals surface area (Å²) < 4.78 is 5.82. The molecule has 0 unspecified atom stereocenters. The van der Waals surface area contributed by atoms with Crippen LogP contribution in [-0.2, 0) is 4.79 Å². The molecule has 1 heterocycles. The number of hydrogen-bond donors (Lipinski definition) is 2. The van der Waals surface area contributed by atoms with Gasteiger partial charge in [0.2, 0.25) is 0 Å². The Hall–Kier alpha value is -2.56. The Morgan fingerprint density at radius 1 is 1.17 bits per heavy atom. The van der Waals surface area contributed by atoms with Crippen molar-refractivity contribution in [3.8, 4) is 11.3 Å². The average molecular weight is 327 g/mol. The molecule has 0 bridgehead atoms. The lowest BCUT2D eigenvalue weighted by Crippen LogP contribution is -2.33. The zero-order valence-electron chi connectivity index (χ0n) is 13.8. The Morgan fingerprint density at radius 3 is 2.50 bits per heavy atom. The minimum absolute atomic E-state index is 0.100. The normalized spacial score (nSPS) is 20.1. The van der Waals surface area contributed by atoms with Crippen LogP contribution < -0.4 is 5.32 Å². The van der Waals surface area contributed by atoms with Crippen LogP contribution in [0.25, 0.3) is 11.3 Å². The van der Waals surface area contributed by atoms with Crippen LogP contribution >= 0.6 is 0 Å². The number of carboxylic acid groups (broad SMARTS) is 1. The Balaban J connectivity index is 1.84. The summed E-state index contributed by atoms with van der Waals surface area (Å²) in [7, 11) is 0. The van der Waals surface area contributed by atoms with Crippen LogP contribution in [0.2, 0.25) is 0 Å². The fourth-order valence-electron chi connectivity index (χ4n) is 3.29. The van der Waals surface area contributed by atoms with Crippen LogP contribution in [0.1, 0.15) is 40.9 Å². The van der Waals surface area contributed by atoms with Crippen LogP contribution in [-0.4, -0.2) is 23.0 Å². The molecule has 3 rings (SSSR count). The second-order valence-corrected chi connectivity index (χ2v) is 6.37. The summed E-state index contributed by atoms with van der Waals surface area (Å²) in [6, 6.07) is 9.43. The standard InChI is InChI=1S/C19H21NO4/c1-11-12(2)24-17(13-6-4-3-5-7-13)16(11)18(21)20-15-9-8-14(10-15)19(22)23/h3-7,14-15H,8-10H2,1-2H3,(H,20,21)(H,22,23)/t14-,15+/m1/s1. The zero-order chi connectivity index (χ0) is 17.3. The largest absolute Gasteiger partial charge is 0.481 e. The van der Waals surface area contributed by atoms with Crippen molar-refractivity contribution in [2.24, 2.45) is 5.92 Å². The molecule has 1 saturated carbocycles. The number of carboxylic acids is 1. The lowest BCUT2D eigenvalue weighted by atomic mass is 10.0. The number of aryl methyl sites for hydroxylation is 1. The lowest BCUT2D eigenvalue weighted by molar-refractivity contribution is -0.141. The highest BCUT2D eigenvalue weighted by Crippen LogP contribution is 2.32. The van der Waals surface area contributed by atoms with Gasteiger partial charge in [-0.1, -0.05) is 30.3 Å². The second-order valence-electron chi connectivity index (χ2n) is 6.37. The first-order valence-corrected chi connectivity index (χ1v) is 8.16. The number of rotatable bonds is 4. The summed E-state index contributed by atoms with van der Waals surface area (Å²) in [5.74, 6) is -0.0629. The predicted octanol–water partition coefficient (Wildman–Crippen LogP) is 3.55. The monoisotopic (exact) mass is 327 g/mol. The lowest BCUT2D eigenvalue weighted by Gasteiger charge is -2.13. The summed E-state index contributed by atoms with van der Waals surface area (Å²) in [5, 5.41) is 12.1. The van der Waals surface area contributed by atoms with Gasteiger partial charge in [0.25, 0.3) is 5.91 Å². The van der Waals surface area contributed by atoms with Crippen LogP contribution in [0, 0.1) is 19.8 Å². The van der Waals surface area contributed by atoms with E-state index in [1.165, 1.54) is 0 Å². The summed E-state index contributed by atoms with van der Waals surface area (Å²) in [4.78, 5) is 23.9. The van der Waals surface area contributed by atoms with Crippen LogP contribution in [0.4, 0.5) is 0 Å². The summed E-state index contributed by atoms with van der Waals surface area (Å²) in [5.41, 5.74) is 2.21. The van der Waals surface area contributed by atoms with Crippen molar-refractivity contribution in [3.63, 3.8) is 0 Å². The Kier molecular flexibility index (Phi) is 4.42. The Morgan fingerprint density at radius 2 is 1.88 bits per heavy atom. The SMILES string of the molecule is Cc1oc(-c2ccccc2)c(C(=O)N[C@H]2CC[C@@H](C(=O)O)C2)c1C. The van der Waals surface area contributed by atoms with Crippen molar-refractivity contribution < 1.29 is 19.1 Å². The molecule has 5 nitrogen and oxygen atoms in total. The number of carbonyl (C=O) groups excluding carboxylic acids is 1. The number of aliphatic carboxylic acids is 1. The highest BCUT2D eigenvalue weighted by molar-refractivity contribution is 6.01. The molecular formula is C19H21NO4. The first-order chi connectivity index (χ1) is 11.5. The highest BCUT2D eigenvalue weighted by atomic mass is 16.4. The first-order valence-electron chi connectivity index (χ1n) is 8.16. The van der Waals surface area contributed by atoms with Crippen molar-refractivity contribution in [2.45, 2.75) is 39.2 Å². The molecule has 1 fully saturated rings. The maximum absolute atomic E-state index is 12.8. The van der Waals surface area contributed by atoms with Crippen LogP contribution in [0.15, 0.2) is 34.7 Å². The molecule has 0 radical (unpaired) electrons. The number of nitrogens with one attached hydrogen (secondary N) is 1. The minimum Gasteiger partial charge on any atom is -0.481 e. The highest BCUT2D eigenvalue weighted by Gasteiger charge is 2.32. The minimum atomic E-state index is -0.785. The van der Waals surface area contributed by atoms with Gasteiger partial charge in [0, 0.05) is 17.2 Å². The van der Waals surface area contributed by atoms with E-state index in [1.54, 1.807) is 0 Å². The van der Waals surface area contributed by atoms with Gasteiger partial charge in [0.1, 0.15) is 11.5 Å². The van der Waals surface area contributed by atoms with Gasteiger partial charge in [0.05, 0.1) is 11.5 Å². The maximum Gasteiger partial charge on any atom is 0.306 e. The van der Waals surface area contributed by atoms with Gasteiger partial charge in [-0.3, -0.25) is 9.59 Å². The van der Waals surface area contributed by atoms with Gasteiger partial charge in [0.15, 0.2) is 0 Å². The fourth-order valence-corrected chi connectivity index (χ4v) is 3.29. The van der Waals surface area contributed by atoms with Crippen molar-refractivity contribution in [1.29, 1.82) is 0 Å². The molecular weight excluding hydrogens is 306 g/mol. The number of furan rings is 1. The predicted molar refractivity (Wildman–Crippen MR) is 89.8 cm³/mol. The van der Waals surface area contributed by atoms with Gasteiger partial charge < -0.3 is 14.8 Å². The molecule has 1 aromatic carbocycles. The molecule has 126 valence electrons. The topological polar surface area (TPSA) is 79.5 Å². The molecule has 0 spiro atoms. The summed E-state index contributed by atoms with van der Waals surface area (Å²) >= 11 is 0. The quantitative estimate of drug-likeness (QED) is 0.900. The van der Waals surface area contributed by atoms with E-state index < -0.39 is 5.97 Å². The Labute approximate surface area is 140 Å². The zero-order valence-corrected chi connectivity index (χ0v) is 13.8. The van der Waals surface area contributed by atoms with E-state index in [0.717, 1.165) is 11.1 Å². The summed E-state index contributed by atoms with van der Waals surface area (Å²) in [6.45, 7) is 3.71. The van der Waals surface area contributed by atoms with Crippen molar-refractivity contribution in [3.05, 3.63) is 47.2 Å². The molecule has 2 N–H and O–H groups in total. The molecule has 1 aliphatic carbocycles. The number of carbonyl (C=O) groups is 2. The van der Waals surface area contributed by atoms with Gasteiger partial charge in [-0.05, 0) is 33.1 Å². The summed E-state index contributed by atoms with van der Waals surface area (Å²) in [6.07, 6.45) is 1.78. The van der Waals surface area contributed by atoms with Crippen molar-refractivity contribution >= 4 is 11.9 Å². The molecule has 1 aliphatic rings. The fraction of sp³-hybridized carbons (Fsp3) is 0.368. The van der Waals surface area contributed by atoms with Crippen molar-refractivity contribution in [2.75, 3.05) is 0 Å². The van der Waals surface area contributed by atoms with Crippen LogP contribution in [0.3, 0.4) is 0 Å². The van der Waals surface area contributed by atoms with E-state index in [4.69, 9.17) is 9.52 Å². The number of amides is 1. The van der Waals surface area contributed by atoms with Gasteiger partial charge >= 0.3 is 5.97 Å². The van der Waals surface area contributed by atoms with Gasteiger partial charge in [-0.25, -0.2) is 0 Å². The van der Waals surface area contributed by atoms with E-state index >= 15 is 0 Å². The van der Waals surface area contributed by atoms with Crippen molar-refractivity contribution in [1.82, 2.24) is 5.32 Å². The van der Waals surface area contributed by atoms with E-state index in [-0.39, 0.29) is 17.9 Å². The molecule has 0 saturated heterocycles. The second kappa shape index (κ2) is 6.51. The van der Waals surface area contributed by atoms with E-state index in [0.29, 0.717) is 36.3 Å². The average Bonchev–Trinajstić information content (AvgIpc) is 3.14. The third-order valence-electron chi connectivity index (χ3n) is 4.77.